The van der Waals surface area contributed by atoms with Crippen molar-refractivity contribution in [3.05, 3.63) is 164 Å². The Labute approximate surface area is 407 Å². The number of benzene rings is 6. The van der Waals surface area contributed by atoms with Crippen LogP contribution < -0.4 is 43.8 Å². The number of thiazole rings is 2. The van der Waals surface area contributed by atoms with Crippen LogP contribution in [0.3, 0.4) is 0 Å². The van der Waals surface area contributed by atoms with Crippen LogP contribution in [-0.2, 0) is 11.9 Å². The first-order chi connectivity index (χ1) is 27.5. The number of aromatic hydroxyl groups is 1. The minimum atomic E-state index is 0. The zero-order chi connectivity index (χ0) is 40.3. The van der Waals surface area contributed by atoms with Crippen LogP contribution in [0.5, 0.6) is 34.5 Å². The second-order valence-corrected chi connectivity index (χ2v) is 16.0. The fourth-order valence-electron chi connectivity index (χ4n) is 5.39. The molecule has 310 valence electrons. The topological polar surface area (TPSA) is 121 Å². The molecule has 8 rings (SSSR count). The summed E-state index contributed by atoms with van der Waals surface area (Å²) < 4.78 is 19.8. The molecule has 6 aromatic carbocycles. The van der Waals surface area contributed by atoms with Gasteiger partial charge in [-0.05, 0) is 110 Å². The second kappa shape index (κ2) is 25.3. The molecular formula is C47H44BrCl2N4NaO4S2. The molecule has 2 heterocycles. The maximum absolute atomic E-state index is 9.47. The van der Waals surface area contributed by atoms with E-state index >= 15 is 0 Å². The Bertz CT molecular complexity index is 2690. The summed E-state index contributed by atoms with van der Waals surface area (Å²) in [5, 5.41) is 31.2. The predicted octanol–water partition coefficient (Wildman–Crippen LogP) is 12.7. The number of halogens is 3. The van der Waals surface area contributed by atoms with E-state index in [-0.39, 0.29) is 59.0 Å². The minimum absolute atomic E-state index is 0. The molecule has 1 N–H and O–H groups in total. The molecule has 0 spiro atoms. The van der Waals surface area contributed by atoms with E-state index in [9.17, 15) is 5.11 Å². The molecule has 0 aliphatic carbocycles. The quantitative estimate of drug-likeness (QED) is 0.118. The number of para-hydroxylation sites is 2. The Balaban J connectivity index is 0.000000489. The molecular weight excluding hydrogens is 922 g/mol. The number of ether oxygens (including phenoxy) is 3. The number of phenols is 1. The van der Waals surface area contributed by atoms with Gasteiger partial charge in [0.2, 0.25) is 0 Å². The SMILES string of the molecule is BrCc1nc2ccccc2s1.C.C.C.Cc1cc(O)cc(Oc2cc(Cl)cc(C#N)c2)c1.Cc1cc(OCc2nc3ccccc3s2)cc(Oc2cc(Cl)cc(C#N)c2)c1.[H-].[Na+]. The van der Waals surface area contributed by atoms with Crippen LogP contribution in [0.4, 0.5) is 0 Å². The molecule has 2 aromatic heterocycles. The van der Waals surface area contributed by atoms with E-state index in [0.717, 1.165) is 42.2 Å². The summed E-state index contributed by atoms with van der Waals surface area (Å²) in [7, 11) is 0. The van der Waals surface area contributed by atoms with Crippen LogP contribution in [-0.4, -0.2) is 15.1 Å². The third-order valence-electron chi connectivity index (χ3n) is 7.69. The van der Waals surface area contributed by atoms with Gasteiger partial charge in [-0.3, -0.25) is 0 Å². The molecule has 61 heavy (non-hydrogen) atoms. The van der Waals surface area contributed by atoms with E-state index in [2.05, 4.69) is 44.1 Å². The summed E-state index contributed by atoms with van der Waals surface area (Å²) in [6.45, 7) is 4.21. The zero-order valence-electron chi connectivity index (χ0n) is 32.4. The van der Waals surface area contributed by atoms with Gasteiger partial charge >= 0.3 is 29.6 Å². The number of hydrogen-bond acceptors (Lipinski definition) is 10. The second-order valence-electron chi connectivity index (χ2n) is 12.3. The van der Waals surface area contributed by atoms with Crippen molar-refractivity contribution >= 4 is 82.2 Å². The van der Waals surface area contributed by atoms with Gasteiger partial charge in [0.1, 0.15) is 51.1 Å². The number of aryl methyl sites for hydroxylation is 2. The molecule has 0 aliphatic rings. The fourth-order valence-corrected chi connectivity index (χ4v) is 8.01. The Morgan fingerprint density at radius 3 is 1.56 bits per heavy atom. The van der Waals surface area contributed by atoms with E-state index < -0.39 is 0 Å². The third-order valence-corrected chi connectivity index (χ3v) is 11.1. The summed E-state index contributed by atoms with van der Waals surface area (Å²) in [6.07, 6.45) is 0. The van der Waals surface area contributed by atoms with Gasteiger partial charge in [-0.2, -0.15) is 10.5 Å². The molecule has 0 aliphatic heterocycles. The number of phenolic OH excluding ortho intramolecular Hbond substituents is 1. The van der Waals surface area contributed by atoms with Crippen molar-refractivity contribution in [3.63, 3.8) is 0 Å². The monoisotopic (exact) mass is 964 g/mol. The van der Waals surface area contributed by atoms with Crippen molar-refractivity contribution in [1.29, 1.82) is 10.5 Å². The molecule has 0 fully saturated rings. The van der Waals surface area contributed by atoms with Gasteiger partial charge in [-0.1, -0.05) is 85.7 Å². The first-order valence-corrected chi connectivity index (χ1v) is 20.6. The van der Waals surface area contributed by atoms with Gasteiger partial charge in [0.15, 0.2) is 0 Å². The van der Waals surface area contributed by atoms with E-state index in [4.69, 9.17) is 47.9 Å². The Hall–Kier alpha value is -4.66. The number of aromatic nitrogens is 2. The van der Waals surface area contributed by atoms with Crippen LogP contribution in [0, 0.1) is 36.5 Å². The van der Waals surface area contributed by atoms with Gasteiger partial charge in [0.05, 0.1) is 49.0 Å². The van der Waals surface area contributed by atoms with Crippen LogP contribution in [0.15, 0.2) is 121 Å². The molecule has 14 heteroatoms. The van der Waals surface area contributed by atoms with Crippen molar-refractivity contribution in [2.24, 2.45) is 0 Å². The number of rotatable bonds is 8. The average Bonchev–Trinajstić information content (AvgIpc) is 3.80. The number of alkyl halides is 1. The normalized spacial score (nSPS) is 9.69. The van der Waals surface area contributed by atoms with Crippen LogP contribution in [0.2, 0.25) is 10.0 Å². The van der Waals surface area contributed by atoms with E-state index in [0.29, 0.717) is 56.5 Å². The predicted molar refractivity (Wildman–Crippen MR) is 254 cm³/mol. The number of fused-ring (bicyclic) bond motifs is 2. The standard InChI is InChI=1S/C22H15ClN2O2S.C14H10ClNO2.C8H6BrNS.3CH4.Na.H/c1-14-6-17(26-13-22-25-20-4-2-3-5-21(20)28-22)11-18(7-14)27-19-9-15(12-24)8-16(23)10-19;1-9-2-12(17)7-13(3-9)18-14-5-10(8-16)4-11(15)6-14;9-5-8-10-6-3-1-2-4-7(6)11-8;;;;;/h2-11H,13H2,1H3;2-7,17H,1H3;1-4H,5H2;3*1H4;;/q;;;;;;+1;-1. The number of hydrogen-bond donors (Lipinski definition) is 1. The van der Waals surface area contributed by atoms with Gasteiger partial charge in [-0.15, -0.1) is 22.7 Å². The van der Waals surface area contributed by atoms with Crippen molar-refractivity contribution in [2.75, 3.05) is 0 Å². The summed E-state index contributed by atoms with van der Waals surface area (Å²) in [4.78, 5) is 8.99. The zero-order valence-corrected chi connectivity index (χ0v) is 38.1. The molecule has 0 amide bonds. The van der Waals surface area contributed by atoms with Gasteiger partial charge < -0.3 is 20.7 Å². The number of nitriles is 2. The molecule has 8 nitrogen and oxygen atoms in total. The largest absolute Gasteiger partial charge is 1.00 e. The van der Waals surface area contributed by atoms with Crippen molar-refractivity contribution in [3.8, 4) is 46.6 Å². The maximum atomic E-state index is 9.47. The van der Waals surface area contributed by atoms with Crippen LogP contribution in [0.1, 0.15) is 56.0 Å². The van der Waals surface area contributed by atoms with E-state index in [1.165, 1.54) is 10.8 Å². The first-order valence-electron chi connectivity index (χ1n) is 17.1. The van der Waals surface area contributed by atoms with E-state index in [1.807, 2.05) is 74.5 Å². The van der Waals surface area contributed by atoms with Gasteiger partial charge in [-0.25, -0.2) is 9.97 Å². The number of nitrogens with zero attached hydrogens (tertiary/aromatic N) is 4. The Morgan fingerprint density at radius 2 is 1.07 bits per heavy atom. The summed E-state index contributed by atoms with van der Waals surface area (Å²) in [5.74, 6) is 2.91. The summed E-state index contributed by atoms with van der Waals surface area (Å²) in [5.41, 5.74) is 4.84. The average molecular weight is 967 g/mol. The molecule has 0 atom stereocenters. The van der Waals surface area contributed by atoms with Crippen LogP contribution >= 0.6 is 61.8 Å². The van der Waals surface area contributed by atoms with Crippen LogP contribution in [0.25, 0.3) is 20.4 Å². The van der Waals surface area contributed by atoms with Gasteiger partial charge in [0, 0.05) is 22.2 Å². The van der Waals surface area contributed by atoms with Gasteiger partial charge in [0.25, 0.3) is 0 Å². The first kappa shape index (κ1) is 52.5. The third kappa shape index (κ3) is 15.6. The van der Waals surface area contributed by atoms with Crippen molar-refractivity contribution in [2.45, 2.75) is 48.1 Å². The Morgan fingerprint density at radius 1 is 0.623 bits per heavy atom. The molecule has 0 saturated heterocycles. The van der Waals surface area contributed by atoms with Crippen molar-refractivity contribution < 1.29 is 50.3 Å². The minimum Gasteiger partial charge on any atom is -1.00 e. The molecule has 0 radical (unpaired) electrons. The summed E-state index contributed by atoms with van der Waals surface area (Å²) >= 11 is 18.7. The molecule has 0 bridgehead atoms. The maximum Gasteiger partial charge on any atom is 1.00 e. The molecule has 0 saturated carbocycles. The summed E-state index contributed by atoms with van der Waals surface area (Å²) in [6, 6.07) is 40.5. The van der Waals surface area contributed by atoms with E-state index in [1.54, 1.807) is 71.2 Å². The fraction of sp³-hybridized carbons (Fsp3) is 0.149. The molecule has 0 unspecified atom stereocenters. The van der Waals surface area contributed by atoms with Crippen molar-refractivity contribution in [1.82, 2.24) is 9.97 Å². The smallest absolute Gasteiger partial charge is 1.00 e. The molecule has 8 aromatic rings. The Kier molecular flexibility index (Phi) is 21.8.